The molecule has 1 aliphatic heterocycles. The summed E-state index contributed by atoms with van der Waals surface area (Å²) in [6.07, 6.45) is 3.62. The van der Waals surface area contributed by atoms with E-state index in [9.17, 15) is 0 Å². The summed E-state index contributed by atoms with van der Waals surface area (Å²) >= 11 is 4.62. The lowest BCUT2D eigenvalue weighted by molar-refractivity contribution is 0.527. The van der Waals surface area contributed by atoms with Gasteiger partial charge in [0.05, 0.1) is 17.5 Å². The van der Waals surface area contributed by atoms with Gasteiger partial charge in [-0.2, -0.15) is 0 Å². The number of nitrogens with one attached hydrogen (secondary N) is 3. The van der Waals surface area contributed by atoms with Crippen LogP contribution in [0.1, 0.15) is 24.2 Å². The number of rotatable bonds is 5. The lowest BCUT2D eigenvalue weighted by atomic mass is 10.0. The van der Waals surface area contributed by atoms with Crippen LogP contribution in [0, 0.1) is 0 Å². The van der Waals surface area contributed by atoms with E-state index in [1.807, 2.05) is 12.3 Å². The molecule has 0 saturated heterocycles. The van der Waals surface area contributed by atoms with Gasteiger partial charge in [-0.1, -0.05) is 18.2 Å². The summed E-state index contributed by atoms with van der Waals surface area (Å²) in [5.41, 5.74) is 3.39. The van der Waals surface area contributed by atoms with E-state index in [0.717, 1.165) is 36.7 Å². The molecule has 2 atom stereocenters. The Morgan fingerprint density at radius 1 is 1.32 bits per heavy atom. The van der Waals surface area contributed by atoms with E-state index >= 15 is 0 Å². The first kappa shape index (κ1) is 16.4. The average molecular weight is 354 g/mol. The number of aromatic nitrogens is 3. The van der Waals surface area contributed by atoms with Gasteiger partial charge in [-0.15, -0.1) is 12.6 Å². The molecule has 0 bridgehead atoms. The van der Waals surface area contributed by atoms with E-state index in [1.54, 1.807) is 6.33 Å². The fourth-order valence-electron chi connectivity index (χ4n) is 3.35. The third kappa shape index (κ3) is 3.22. The van der Waals surface area contributed by atoms with Crippen molar-refractivity contribution in [2.24, 2.45) is 0 Å². The normalized spacial score (nSPS) is 18.3. The van der Waals surface area contributed by atoms with Gasteiger partial charge >= 0.3 is 0 Å². The number of hydrogen-bond donors (Lipinski definition) is 4. The standard InChI is InChI=1S/C18H22N6S/c1-12(13-6-7-20-15-5-3-2-4-14(13)15)19-8-9-24-17-16(22-11-23-17)10-21-18(24)25/h2-7,11-12,18-19,21,25H,8-10H2,1H3,(H,22,23). The largest absolute Gasteiger partial charge is 0.346 e. The molecule has 0 saturated carbocycles. The van der Waals surface area contributed by atoms with E-state index in [4.69, 9.17) is 0 Å². The summed E-state index contributed by atoms with van der Waals surface area (Å²) in [6, 6.07) is 10.6. The van der Waals surface area contributed by atoms with Crippen LogP contribution in [0.4, 0.5) is 5.82 Å². The third-order valence-corrected chi connectivity index (χ3v) is 5.14. The first-order valence-electron chi connectivity index (χ1n) is 8.51. The monoisotopic (exact) mass is 354 g/mol. The fourth-order valence-corrected chi connectivity index (χ4v) is 3.66. The Morgan fingerprint density at radius 3 is 3.12 bits per heavy atom. The summed E-state index contributed by atoms with van der Waals surface area (Å²) in [4.78, 5) is 14.2. The van der Waals surface area contributed by atoms with Gasteiger partial charge in [0.15, 0.2) is 5.82 Å². The van der Waals surface area contributed by atoms with Crippen molar-refractivity contribution < 1.29 is 0 Å². The summed E-state index contributed by atoms with van der Waals surface area (Å²) in [6.45, 7) is 4.62. The SMILES string of the molecule is CC(NCCN1c2nc[nH]c2CNC1S)c1ccnc2ccccc12. The molecule has 4 rings (SSSR count). The highest BCUT2D eigenvalue weighted by atomic mass is 32.1. The Morgan fingerprint density at radius 2 is 2.20 bits per heavy atom. The minimum atomic E-state index is -0.0188. The summed E-state index contributed by atoms with van der Waals surface area (Å²) in [5, 5.41) is 8.16. The molecule has 0 aliphatic carbocycles. The molecule has 7 heteroatoms. The summed E-state index contributed by atoms with van der Waals surface area (Å²) in [5.74, 6) is 0.988. The highest BCUT2D eigenvalue weighted by molar-refractivity contribution is 7.81. The van der Waals surface area contributed by atoms with Crippen molar-refractivity contribution in [3.63, 3.8) is 0 Å². The molecule has 3 heterocycles. The highest BCUT2D eigenvalue weighted by Crippen LogP contribution is 2.24. The van der Waals surface area contributed by atoms with Gasteiger partial charge in [0.1, 0.15) is 5.50 Å². The molecule has 2 unspecified atom stereocenters. The predicted molar refractivity (Wildman–Crippen MR) is 104 cm³/mol. The van der Waals surface area contributed by atoms with Gasteiger partial charge in [0.2, 0.25) is 0 Å². The molecular weight excluding hydrogens is 332 g/mol. The highest BCUT2D eigenvalue weighted by Gasteiger charge is 2.25. The lowest BCUT2D eigenvalue weighted by Crippen LogP contribution is -2.48. The molecule has 130 valence electrons. The number of pyridine rings is 1. The van der Waals surface area contributed by atoms with Gasteiger partial charge in [-0.25, -0.2) is 4.98 Å². The maximum atomic E-state index is 4.62. The van der Waals surface area contributed by atoms with Gasteiger partial charge in [-0.05, 0) is 24.6 Å². The number of benzene rings is 1. The van der Waals surface area contributed by atoms with Crippen LogP contribution in [-0.2, 0) is 6.54 Å². The van der Waals surface area contributed by atoms with Crippen LogP contribution >= 0.6 is 12.6 Å². The van der Waals surface area contributed by atoms with E-state index in [1.165, 1.54) is 10.9 Å². The van der Waals surface area contributed by atoms with Gasteiger partial charge in [-0.3, -0.25) is 10.3 Å². The molecule has 3 aromatic rings. The van der Waals surface area contributed by atoms with Crippen LogP contribution in [0.2, 0.25) is 0 Å². The smallest absolute Gasteiger partial charge is 0.153 e. The number of para-hydroxylation sites is 1. The maximum absolute atomic E-state index is 4.62. The van der Waals surface area contributed by atoms with Crippen LogP contribution in [-0.4, -0.2) is 33.5 Å². The summed E-state index contributed by atoms with van der Waals surface area (Å²) in [7, 11) is 0. The lowest BCUT2D eigenvalue weighted by Gasteiger charge is -2.34. The van der Waals surface area contributed by atoms with Crippen molar-refractivity contribution in [1.29, 1.82) is 0 Å². The Balaban J connectivity index is 1.43. The third-order valence-electron chi connectivity index (χ3n) is 4.68. The van der Waals surface area contributed by atoms with E-state index in [0.29, 0.717) is 0 Å². The fraction of sp³-hybridized carbons (Fsp3) is 0.333. The van der Waals surface area contributed by atoms with E-state index in [2.05, 4.69) is 74.3 Å². The molecule has 2 aromatic heterocycles. The number of thiol groups is 1. The number of nitrogens with zero attached hydrogens (tertiary/aromatic N) is 3. The van der Waals surface area contributed by atoms with Crippen molar-refractivity contribution in [2.45, 2.75) is 25.0 Å². The molecule has 0 radical (unpaired) electrons. The number of imidazole rings is 1. The Bertz CT molecular complexity index is 858. The van der Waals surface area contributed by atoms with Crippen LogP contribution < -0.4 is 15.5 Å². The van der Waals surface area contributed by atoms with Crippen LogP contribution in [0.3, 0.4) is 0 Å². The molecule has 1 aromatic carbocycles. The van der Waals surface area contributed by atoms with Crippen molar-refractivity contribution in [3.05, 3.63) is 54.1 Å². The molecule has 6 nitrogen and oxygen atoms in total. The van der Waals surface area contributed by atoms with Crippen molar-refractivity contribution in [1.82, 2.24) is 25.6 Å². The molecule has 0 amide bonds. The maximum Gasteiger partial charge on any atom is 0.153 e. The van der Waals surface area contributed by atoms with E-state index < -0.39 is 0 Å². The van der Waals surface area contributed by atoms with Crippen molar-refractivity contribution >= 4 is 29.3 Å². The molecule has 1 aliphatic rings. The van der Waals surface area contributed by atoms with Gasteiger partial charge in [0.25, 0.3) is 0 Å². The minimum absolute atomic E-state index is 0.0188. The number of fused-ring (bicyclic) bond motifs is 2. The Kier molecular flexibility index (Phi) is 4.61. The number of H-pyrrole nitrogens is 1. The first-order chi connectivity index (χ1) is 12.2. The predicted octanol–water partition coefficient (Wildman–Crippen LogP) is 2.43. The molecule has 3 N–H and O–H groups in total. The molecular formula is C18H22N6S. The number of anilines is 1. The topological polar surface area (TPSA) is 68.9 Å². The molecule has 0 fully saturated rings. The summed E-state index contributed by atoms with van der Waals surface area (Å²) < 4.78 is 0. The van der Waals surface area contributed by atoms with Crippen molar-refractivity contribution in [3.8, 4) is 0 Å². The quantitative estimate of drug-likeness (QED) is 0.530. The zero-order chi connectivity index (χ0) is 17.2. The first-order valence-corrected chi connectivity index (χ1v) is 9.03. The molecule has 0 spiro atoms. The number of hydrogen-bond acceptors (Lipinski definition) is 6. The zero-order valence-corrected chi connectivity index (χ0v) is 15.0. The molecule has 25 heavy (non-hydrogen) atoms. The second-order valence-electron chi connectivity index (χ2n) is 6.25. The van der Waals surface area contributed by atoms with Crippen LogP contribution in [0.25, 0.3) is 10.9 Å². The van der Waals surface area contributed by atoms with Gasteiger partial charge < -0.3 is 15.2 Å². The minimum Gasteiger partial charge on any atom is -0.346 e. The van der Waals surface area contributed by atoms with E-state index in [-0.39, 0.29) is 11.5 Å². The second kappa shape index (κ2) is 7.03. The number of aromatic amines is 1. The van der Waals surface area contributed by atoms with Crippen LogP contribution in [0.5, 0.6) is 0 Å². The Hall–Kier alpha value is -2.09. The van der Waals surface area contributed by atoms with Gasteiger partial charge in [0, 0.05) is 37.3 Å². The average Bonchev–Trinajstić information content (AvgIpc) is 3.12. The second-order valence-corrected chi connectivity index (χ2v) is 6.73. The Labute approximate surface area is 152 Å². The van der Waals surface area contributed by atoms with Crippen molar-refractivity contribution in [2.75, 3.05) is 18.0 Å². The van der Waals surface area contributed by atoms with Crippen LogP contribution in [0.15, 0.2) is 42.9 Å². The zero-order valence-electron chi connectivity index (χ0n) is 14.1.